The summed E-state index contributed by atoms with van der Waals surface area (Å²) in [5, 5.41) is 9.33. The van der Waals surface area contributed by atoms with Gasteiger partial charge in [0.05, 0.1) is 6.54 Å². The van der Waals surface area contributed by atoms with E-state index in [1.165, 1.54) is 0 Å². The molecule has 0 aliphatic carbocycles. The third-order valence-corrected chi connectivity index (χ3v) is 3.69. The van der Waals surface area contributed by atoms with Crippen LogP contribution in [-0.4, -0.2) is 61.6 Å². The Balaban J connectivity index is 0.00000441. The molecule has 1 saturated heterocycles. The maximum Gasteiger partial charge on any atom is 0.239 e. The lowest BCUT2D eigenvalue weighted by atomic mass is 10.0. The molecule has 6 nitrogen and oxygen atoms in total. The minimum Gasteiger partial charge on any atom is -0.354 e. The molecular formula is C15H32IN5O. The fourth-order valence-corrected chi connectivity index (χ4v) is 2.49. The van der Waals surface area contributed by atoms with Gasteiger partial charge in [0.1, 0.15) is 0 Å². The predicted octanol–water partition coefficient (Wildman–Crippen LogP) is 1.17. The highest BCUT2D eigenvalue weighted by molar-refractivity contribution is 14.0. The van der Waals surface area contributed by atoms with Crippen molar-refractivity contribution < 1.29 is 4.79 Å². The van der Waals surface area contributed by atoms with Gasteiger partial charge in [0.25, 0.3) is 0 Å². The van der Waals surface area contributed by atoms with Crippen molar-refractivity contribution in [2.75, 3.05) is 26.7 Å². The number of aliphatic imine (C=N–C) groups is 1. The normalized spacial score (nSPS) is 17.3. The highest BCUT2D eigenvalue weighted by atomic mass is 127. The van der Waals surface area contributed by atoms with E-state index in [0.29, 0.717) is 18.0 Å². The average Bonchev–Trinajstić information content (AvgIpc) is 2.43. The second-order valence-electron chi connectivity index (χ2n) is 6.20. The second-order valence-corrected chi connectivity index (χ2v) is 6.20. The number of amides is 1. The Hall–Kier alpha value is -0.570. The lowest BCUT2D eigenvalue weighted by Crippen LogP contribution is -2.51. The molecule has 1 aliphatic heterocycles. The molecule has 1 fully saturated rings. The van der Waals surface area contributed by atoms with Crippen LogP contribution in [0.15, 0.2) is 4.99 Å². The number of guanidine groups is 1. The second kappa shape index (κ2) is 11.0. The van der Waals surface area contributed by atoms with Gasteiger partial charge in [-0.3, -0.25) is 9.79 Å². The van der Waals surface area contributed by atoms with Gasteiger partial charge in [-0.25, -0.2) is 0 Å². The molecule has 7 heteroatoms. The summed E-state index contributed by atoms with van der Waals surface area (Å²) in [6, 6.07) is 1.21. The third-order valence-electron chi connectivity index (χ3n) is 3.69. The van der Waals surface area contributed by atoms with E-state index in [-0.39, 0.29) is 42.5 Å². The first-order valence-electron chi connectivity index (χ1n) is 7.93. The maximum atomic E-state index is 11.6. The monoisotopic (exact) mass is 425 g/mol. The predicted molar refractivity (Wildman–Crippen MR) is 103 cm³/mol. The average molecular weight is 425 g/mol. The van der Waals surface area contributed by atoms with Crippen LogP contribution in [-0.2, 0) is 4.79 Å². The number of hydrogen-bond acceptors (Lipinski definition) is 3. The first kappa shape index (κ1) is 21.4. The van der Waals surface area contributed by atoms with Gasteiger partial charge < -0.3 is 20.9 Å². The molecule has 0 unspecified atom stereocenters. The molecule has 1 amide bonds. The number of nitrogens with zero attached hydrogens (tertiary/aromatic N) is 2. The molecule has 0 atom stereocenters. The number of halogens is 1. The van der Waals surface area contributed by atoms with E-state index in [2.05, 4.69) is 39.7 Å². The molecule has 0 aromatic carbocycles. The Labute approximate surface area is 151 Å². The maximum absolute atomic E-state index is 11.6. The van der Waals surface area contributed by atoms with Crippen molar-refractivity contribution in [2.24, 2.45) is 4.99 Å². The van der Waals surface area contributed by atoms with E-state index >= 15 is 0 Å². The molecule has 0 aromatic rings. The lowest BCUT2D eigenvalue weighted by molar-refractivity contribution is -0.120. The van der Waals surface area contributed by atoms with Crippen molar-refractivity contribution >= 4 is 35.8 Å². The molecule has 1 heterocycles. The van der Waals surface area contributed by atoms with Crippen LogP contribution in [0.2, 0.25) is 0 Å². The number of nitrogens with one attached hydrogen (secondary N) is 3. The summed E-state index contributed by atoms with van der Waals surface area (Å²) in [5.74, 6) is 0.694. The number of likely N-dealkylation sites (tertiary alicyclic amines) is 1. The summed E-state index contributed by atoms with van der Waals surface area (Å²) in [6.07, 6.45) is 2.22. The highest BCUT2D eigenvalue weighted by Crippen LogP contribution is 2.12. The van der Waals surface area contributed by atoms with Crippen molar-refractivity contribution in [3.05, 3.63) is 0 Å². The van der Waals surface area contributed by atoms with Crippen LogP contribution in [0.4, 0.5) is 0 Å². The SMILES string of the molecule is CN=C(NCC(=O)NC(C)C)NC1CCN(C(C)C)CC1.I. The quantitative estimate of drug-likeness (QED) is 0.352. The molecule has 1 rings (SSSR count). The summed E-state index contributed by atoms with van der Waals surface area (Å²) in [5.41, 5.74) is 0. The highest BCUT2D eigenvalue weighted by Gasteiger charge is 2.21. The summed E-state index contributed by atoms with van der Waals surface area (Å²) >= 11 is 0. The van der Waals surface area contributed by atoms with E-state index < -0.39 is 0 Å². The molecule has 3 N–H and O–H groups in total. The van der Waals surface area contributed by atoms with Crippen LogP contribution in [0.1, 0.15) is 40.5 Å². The summed E-state index contributed by atoms with van der Waals surface area (Å²) in [7, 11) is 1.74. The van der Waals surface area contributed by atoms with Crippen LogP contribution in [0.3, 0.4) is 0 Å². The van der Waals surface area contributed by atoms with Crippen molar-refractivity contribution in [3.63, 3.8) is 0 Å². The van der Waals surface area contributed by atoms with E-state index in [1.807, 2.05) is 13.8 Å². The first-order valence-corrected chi connectivity index (χ1v) is 7.93. The molecule has 0 bridgehead atoms. The van der Waals surface area contributed by atoms with Gasteiger partial charge in [0.15, 0.2) is 5.96 Å². The summed E-state index contributed by atoms with van der Waals surface area (Å²) in [4.78, 5) is 18.3. The molecule has 1 aliphatic rings. The molecule has 0 radical (unpaired) electrons. The van der Waals surface area contributed by atoms with Gasteiger partial charge in [0.2, 0.25) is 5.91 Å². The van der Waals surface area contributed by atoms with E-state index in [0.717, 1.165) is 25.9 Å². The van der Waals surface area contributed by atoms with Crippen LogP contribution in [0.5, 0.6) is 0 Å². The van der Waals surface area contributed by atoms with Gasteiger partial charge in [-0.1, -0.05) is 0 Å². The number of piperidine rings is 1. The van der Waals surface area contributed by atoms with Crippen LogP contribution >= 0.6 is 24.0 Å². The fraction of sp³-hybridized carbons (Fsp3) is 0.867. The van der Waals surface area contributed by atoms with E-state index in [9.17, 15) is 4.79 Å². The smallest absolute Gasteiger partial charge is 0.239 e. The first-order chi connectivity index (χ1) is 9.92. The summed E-state index contributed by atoms with van der Waals surface area (Å²) < 4.78 is 0. The molecule has 22 heavy (non-hydrogen) atoms. The Morgan fingerprint density at radius 3 is 2.27 bits per heavy atom. The van der Waals surface area contributed by atoms with Crippen molar-refractivity contribution in [1.29, 1.82) is 0 Å². The molecule has 130 valence electrons. The summed E-state index contributed by atoms with van der Waals surface area (Å²) in [6.45, 7) is 10.9. The van der Waals surface area contributed by atoms with E-state index in [1.54, 1.807) is 7.05 Å². The van der Waals surface area contributed by atoms with Gasteiger partial charge in [-0.15, -0.1) is 24.0 Å². The van der Waals surface area contributed by atoms with E-state index in [4.69, 9.17) is 0 Å². The zero-order valence-corrected chi connectivity index (χ0v) is 16.8. The Kier molecular flexibility index (Phi) is 10.8. The topological polar surface area (TPSA) is 68.8 Å². The Morgan fingerprint density at radius 1 is 1.23 bits per heavy atom. The van der Waals surface area contributed by atoms with Crippen molar-refractivity contribution in [1.82, 2.24) is 20.9 Å². The Bertz CT molecular complexity index is 352. The van der Waals surface area contributed by atoms with Gasteiger partial charge in [-0.2, -0.15) is 0 Å². The fourth-order valence-electron chi connectivity index (χ4n) is 2.49. The van der Waals surface area contributed by atoms with Gasteiger partial charge in [0, 0.05) is 38.3 Å². The van der Waals surface area contributed by atoms with Crippen molar-refractivity contribution in [3.8, 4) is 0 Å². The van der Waals surface area contributed by atoms with Gasteiger partial charge in [-0.05, 0) is 40.5 Å². The minimum atomic E-state index is -0.0115. The van der Waals surface area contributed by atoms with Crippen LogP contribution in [0, 0.1) is 0 Å². The lowest BCUT2D eigenvalue weighted by Gasteiger charge is -2.35. The zero-order valence-electron chi connectivity index (χ0n) is 14.5. The minimum absolute atomic E-state index is 0. The number of carbonyl (C=O) groups excluding carboxylic acids is 1. The van der Waals surface area contributed by atoms with Crippen molar-refractivity contribution in [2.45, 2.75) is 58.7 Å². The molecule has 0 aromatic heterocycles. The standard InChI is InChI=1S/C15H31N5O.HI/c1-11(2)18-14(21)10-17-15(16-5)19-13-6-8-20(9-7-13)12(3)4;/h11-13H,6-10H2,1-5H3,(H,18,21)(H2,16,17,19);1H. The third kappa shape index (κ3) is 8.17. The number of hydrogen-bond donors (Lipinski definition) is 3. The number of rotatable bonds is 5. The van der Waals surface area contributed by atoms with Gasteiger partial charge >= 0.3 is 0 Å². The Morgan fingerprint density at radius 2 is 1.82 bits per heavy atom. The molecule has 0 saturated carbocycles. The van der Waals surface area contributed by atoms with Crippen LogP contribution in [0.25, 0.3) is 0 Å². The zero-order chi connectivity index (χ0) is 15.8. The largest absolute Gasteiger partial charge is 0.354 e. The number of carbonyl (C=O) groups is 1. The molecular weight excluding hydrogens is 393 g/mol. The van der Waals surface area contributed by atoms with Crippen LogP contribution < -0.4 is 16.0 Å². The molecule has 0 spiro atoms.